The first-order valence-electron chi connectivity index (χ1n) is 7.25. The van der Waals surface area contributed by atoms with Gasteiger partial charge in [-0.2, -0.15) is 0 Å². The highest BCUT2D eigenvalue weighted by molar-refractivity contribution is 7.89. The number of sulfonamides is 1. The second-order valence-corrected chi connectivity index (χ2v) is 7.28. The molecule has 1 atom stereocenters. The van der Waals surface area contributed by atoms with E-state index >= 15 is 0 Å². The topological polar surface area (TPSA) is 80.5 Å². The van der Waals surface area contributed by atoms with Gasteiger partial charge in [0.1, 0.15) is 0 Å². The molecule has 5 nitrogen and oxygen atoms in total. The Morgan fingerprint density at radius 1 is 1.29 bits per heavy atom. The summed E-state index contributed by atoms with van der Waals surface area (Å²) in [5.74, 6) is -0.0251. The number of nitrogens with zero attached hydrogens (tertiary/aromatic N) is 1. The van der Waals surface area contributed by atoms with Crippen LogP contribution < -0.4 is 5.14 Å². The number of carbonyl (C=O) groups excluding carboxylic acids is 1. The zero-order chi connectivity index (χ0) is 15.6. The fraction of sp³-hybridized carbons (Fsp3) is 0.533. The summed E-state index contributed by atoms with van der Waals surface area (Å²) in [4.78, 5) is 14.6. The SMILES string of the molecule is Cc1cc(S(N)(=O)=O)ccc1C(=O)N1CCCCCC1C. The van der Waals surface area contributed by atoms with Gasteiger partial charge in [0, 0.05) is 18.2 Å². The van der Waals surface area contributed by atoms with E-state index in [1.165, 1.54) is 12.1 Å². The summed E-state index contributed by atoms with van der Waals surface area (Å²) in [6, 6.07) is 4.65. The molecule has 21 heavy (non-hydrogen) atoms. The molecule has 1 saturated heterocycles. The Kier molecular flexibility index (Phi) is 4.68. The summed E-state index contributed by atoms with van der Waals surface area (Å²) in [5, 5.41) is 5.11. The van der Waals surface area contributed by atoms with Gasteiger partial charge in [0.25, 0.3) is 5.91 Å². The van der Waals surface area contributed by atoms with Gasteiger partial charge in [-0.1, -0.05) is 12.8 Å². The summed E-state index contributed by atoms with van der Waals surface area (Å²) in [7, 11) is -3.73. The summed E-state index contributed by atoms with van der Waals surface area (Å²) in [5.41, 5.74) is 1.19. The molecular formula is C15H22N2O3S. The van der Waals surface area contributed by atoms with Crippen molar-refractivity contribution in [1.82, 2.24) is 4.90 Å². The van der Waals surface area contributed by atoms with Crippen LogP contribution in [-0.2, 0) is 10.0 Å². The molecule has 2 rings (SSSR count). The van der Waals surface area contributed by atoms with Crippen molar-refractivity contribution in [3.63, 3.8) is 0 Å². The number of hydrogen-bond donors (Lipinski definition) is 1. The summed E-state index contributed by atoms with van der Waals surface area (Å²) < 4.78 is 22.7. The predicted molar refractivity (Wildman–Crippen MR) is 81.5 cm³/mol. The van der Waals surface area contributed by atoms with Crippen molar-refractivity contribution in [2.45, 2.75) is 50.5 Å². The van der Waals surface area contributed by atoms with Crippen LogP contribution in [0.2, 0.25) is 0 Å². The molecule has 6 heteroatoms. The van der Waals surface area contributed by atoms with Gasteiger partial charge >= 0.3 is 0 Å². The zero-order valence-corrected chi connectivity index (χ0v) is 13.3. The first-order valence-corrected chi connectivity index (χ1v) is 8.80. The first-order chi connectivity index (χ1) is 9.80. The third kappa shape index (κ3) is 3.63. The quantitative estimate of drug-likeness (QED) is 0.907. The highest BCUT2D eigenvalue weighted by Crippen LogP contribution is 2.21. The second kappa shape index (κ2) is 6.15. The summed E-state index contributed by atoms with van der Waals surface area (Å²) in [6.45, 7) is 4.57. The average molecular weight is 310 g/mol. The van der Waals surface area contributed by atoms with E-state index in [0.29, 0.717) is 11.1 Å². The third-order valence-electron chi connectivity index (χ3n) is 4.07. The number of amides is 1. The van der Waals surface area contributed by atoms with Gasteiger partial charge in [-0.05, 0) is 50.5 Å². The maximum atomic E-state index is 12.7. The molecule has 1 aromatic rings. The van der Waals surface area contributed by atoms with E-state index in [1.54, 1.807) is 13.0 Å². The molecule has 1 amide bonds. The third-order valence-corrected chi connectivity index (χ3v) is 4.98. The van der Waals surface area contributed by atoms with E-state index in [4.69, 9.17) is 5.14 Å². The normalized spacial score (nSPS) is 20.1. The Morgan fingerprint density at radius 3 is 2.62 bits per heavy atom. The number of primary sulfonamides is 1. The van der Waals surface area contributed by atoms with E-state index in [0.717, 1.165) is 32.2 Å². The lowest BCUT2D eigenvalue weighted by atomic mass is 10.1. The van der Waals surface area contributed by atoms with Crippen LogP contribution in [0.25, 0.3) is 0 Å². The van der Waals surface area contributed by atoms with Crippen molar-refractivity contribution in [2.75, 3.05) is 6.54 Å². The van der Waals surface area contributed by atoms with Gasteiger partial charge in [-0.15, -0.1) is 0 Å². The van der Waals surface area contributed by atoms with Crippen molar-refractivity contribution in [3.05, 3.63) is 29.3 Å². The maximum absolute atomic E-state index is 12.7. The van der Waals surface area contributed by atoms with E-state index in [2.05, 4.69) is 6.92 Å². The van der Waals surface area contributed by atoms with Crippen LogP contribution in [0.15, 0.2) is 23.1 Å². The van der Waals surface area contributed by atoms with Gasteiger partial charge in [0.05, 0.1) is 4.90 Å². The Hall–Kier alpha value is -1.40. The van der Waals surface area contributed by atoms with Gasteiger partial charge in [0.2, 0.25) is 10.0 Å². The molecule has 1 aliphatic heterocycles. The molecular weight excluding hydrogens is 288 g/mol. The largest absolute Gasteiger partial charge is 0.336 e. The molecule has 1 aromatic carbocycles. The van der Waals surface area contributed by atoms with Crippen LogP contribution in [0.5, 0.6) is 0 Å². The average Bonchev–Trinajstić information content (AvgIpc) is 2.61. The van der Waals surface area contributed by atoms with Crippen molar-refractivity contribution >= 4 is 15.9 Å². The second-order valence-electron chi connectivity index (χ2n) is 5.72. The van der Waals surface area contributed by atoms with Gasteiger partial charge in [-0.3, -0.25) is 4.79 Å². The van der Waals surface area contributed by atoms with Gasteiger partial charge in [-0.25, -0.2) is 13.6 Å². The molecule has 1 aliphatic rings. The molecule has 0 aromatic heterocycles. The Morgan fingerprint density at radius 2 is 2.00 bits per heavy atom. The van der Waals surface area contributed by atoms with Gasteiger partial charge in [0.15, 0.2) is 0 Å². The molecule has 2 N–H and O–H groups in total. The minimum atomic E-state index is -3.73. The van der Waals surface area contributed by atoms with Crippen molar-refractivity contribution in [2.24, 2.45) is 5.14 Å². The number of likely N-dealkylation sites (tertiary alicyclic amines) is 1. The number of aryl methyl sites for hydroxylation is 1. The fourth-order valence-corrected chi connectivity index (χ4v) is 3.38. The summed E-state index contributed by atoms with van der Waals surface area (Å²) >= 11 is 0. The lowest BCUT2D eigenvalue weighted by molar-refractivity contribution is 0.0697. The molecule has 0 radical (unpaired) electrons. The van der Waals surface area contributed by atoms with Crippen molar-refractivity contribution in [1.29, 1.82) is 0 Å². The number of benzene rings is 1. The minimum Gasteiger partial charge on any atom is -0.336 e. The fourth-order valence-electron chi connectivity index (χ4n) is 2.78. The van der Waals surface area contributed by atoms with E-state index in [1.807, 2.05) is 4.90 Å². The zero-order valence-electron chi connectivity index (χ0n) is 12.5. The monoisotopic (exact) mass is 310 g/mol. The lowest BCUT2D eigenvalue weighted by Crippen LogP contribution is -2.38. The summed E-state index contributed by atoms with van der Waals surface area (Å²) in [6.07, 6.45) is 4.33. The van der Waals surface area contributed by atoms with Crippen LogP contribution in [-0.4, -0.2) is 31.8 Å². The first kappa shape index (κ1) is 16.0. The van der Waals surface area contributed by atoms with Crippen LogP contribution >= 0.6 is 0 Å². The minimum absolute atomic E-state index is 0.0251. The number of rotatable bonds is 2. The van der Waals surface area contributed by atoms with E-state index in [9.17, 15) is 13.2 Å². The lowest BCUT2D eigenvalue weighted by Gasteiger charge is -2.28. The van der Waals surface area contributed by atoms with Crippen LogP contribution in [0.1, 0.15) is 48.5 Å². The predicted octanol–water partition coefficient (Wildman–Crippen LogP) is 2.05. The molecule has 1 heterocycles. The Bertz CT molecular complexity index is 640. The molecule has 0 bridgehead atoms. The van der Waals surface area contributed by atoms with Crippen molar-refractivity contribution < 1.29 is 13.2 Å². The number of nitrogens with two attached hydrogens (primary N) is 1. The number of hydrogen-bond acceptors (Lipinski definition) is 3. The smallest absolute Gasteiger partial charge is 0.254 e. The molecule has 0 saturated carbocycles. The van der Waals surface area contributed by atoms with E-state index < -0.39 is 10.0 Å². The molecule has 116 valence electrons. The standard InChI is InChI=1S/C15H22N2O3S/c1-11-10-13(21(16,19)20)7-8-14(11)15(18)17-9-5-3-4-6-12(17)2/h7-8,10,12H,3-6,9H2,1-2H3,(H2,16,19,20). The Balaban J connectivity index is 2.31. The molecule has 0 aliphatic carbocycles. The van der Waals surface area contributed by atoms with Crippen LogP contribution in [0.3, 0.4) is 0 Å². The Labute approximate surface area is 126 Å². The van der Waals surface area contributed by atoms with Crippen LogP contribution in [0.4, 0.5) is 0 Å². The highest BCUT2D eigenvalue weighted by atomic mass is 32.2. The molecule has 0 spiro atoms. The van der Waals surface area contributed by atoms with Crippen molar-refractivity contribution in [3.8, 4) is 0 Å². The molecule has 1 fully saturated rings. The number of carbonyl (C=O) groups is 1. The highest BCUT2D eigenvalue weighted by Gasteiger charge is 2.24. The van der Waals surface area contributed by atoms with E-state index in [-0.39, 0.29) is 16.8 Å². The molecule has 1 unspecified atom stereocenters. The maximum Gasteiger partial charge on any atom is 0.254 e. The van der Waals surface area contributed by atoms with Crippen LogP contribution in [0, 0.1) is 6.92 Å². The van der Waals surface area contributed by atoms with Gasteiger partial charge < -0.3 is 4.90 Å².